The van der Waals surface area contributed by atoms with Crippen molar-refractivity contribution in [2.75, 3.05) is 6.54 Å². The lowest BCUT2D eigenvalue weighted by atomic mass is 10.2. The highest BCUT2D eigenvalue weighted by atomic mass is 35.5. The molecule has 3 aromatic rings. The molecule has 0 aliphatic rings. The van der Waals surface area contributed by atoms with Gasteiger partial charge < -0.3 is 4.42 Å². The number of rotatable bonds is 6. The van der Waals surface area contributed by atoms with Crippen molar-refractivity contribution in [2.45, 2.75) is 24.8 Å². The van der Waals surface area contributed by atoms with Gasteiger partial charge in [-0.25, -0.2) is 17.9 Å². The summed E-state index contributed by atoms with van der Waals surface area (Å²) in [5.74, 6) is -0.497. The molecule has 8 heteroatoms. The van der Waals surface area contributed by atoms with Crippen LogP contribution in [0.15, 0.2) is 56.6 Å². The molecule has 0 amide bonds. The van der Waals surface area contributed by atoms with Crippen LogP contribution in [0, 0.1) is 0 Å². The molecular formula is C17H17ClN2O4S. The van der Waals surface area contributed by atoms with Crippen molar-refractivity contribution in [3.05, 3.63) is 63.6 Å². The number of aryl methyl sites for hydroxylation is 1. The van der Waals surface area contributed by atoms with E-state index in [1.54, 1.807) is 18.2 Å². The fourth-order valence-electron chi connectivity index (χ4n) is 2.58. The largest absolute Gasteiger partial charge is 0.419 e. The molecule has 2 aromatic carbocycles. The second-order valence-corrected chi connectivity index (χ2v) is 7.72. The van der Waals surface area contributed by atoms with Crippen LogP contribution in [0.4, 0.5) is 0 Å². The Morgan fingerprint density at radius 3 is 2.56 bits per heavy atom. The van der Waals surface area contributed by atoms with Crippen molar-refractivity contribution >= 4 is 32.7 Å². The SMILES string of the molecule is CCn1c(=O)oc2cc(S(=O)(=O)NCCc3ccc(Cl)cc3)ccc21. The van der Waals surface area contributed by atoms with Gasteiger partial charge in [-0.2, -0.15) is 0 Å². The predicted molar refractivity (Wildman–Crippen MR) is 96.5 cm³/mol. The fourth-order valence-corrected chi connectivity index (χ4v) is 3.75. The van der Waals surface area contributed by atoms with Crippen molar-refractivity contribution < 1.29 is 12.8 Å². The molecule has 0 unspecified atom stereocenters. The average molecular weight is 381 g/mol. The third-order valence-electron chi connectivity index (χ3n) is 3.89. The molecule has 132 valence electrons. The summed E-state index contributed by atoms with van der Waals surface area (Å²) in [6.07, 6.45) is 0.542. The number of fused-ring (bicyclic) bond motifs is 1. The van der Waals surface area contributed by atoms with Crippen LogP contribution in [-0.4, -0.2) is 19.5 Å². The maximum Gasteiger partial charge on any atom is 0.419 e. The van der Waals surface area contributed by atoms with Gasteiger partial charge in [-0.3, -0.25) is 4.57 Å². The van der Waals surface area contributed by atoms with Gasteiger partial charge in [0, 0.05) is 24.2 Å². The monoisotopic (exact) mass is 380 g/mol. The Bertz CT molecular complexity index is 1050. The fraction of sp³-hybridized carbons (Fsp3) is 0.235. The van der Waals surface area contributed by atoms with Crippen LogP contribution in [0.1, 0.15) is 12.5 Å². The zero-order chi connectivity index (χ0) is 18.0. The zero-order valence-electron chi connectivity index (χ0n) is 13.5. The summed E-state index contributed by atoms with van der Waals surface area (Å²) in [5, 5.41) is 0.637. The lowest BCUT2D eigenvalue weighted by molar-refractivity contribution is 0.512. The maximum atomic E-state index is 12.4. The van der Waals surface area contributed by atoms with E-state index < -0.39 is 15.8 Å². The summed E-state index contributed by atoms with van der Waals surface area (Å²) in [5.41, 5.74) is 1.81. The van der Waals surface area contributed by atoms with Crippen molar-refractivity contribution in [3.63, 3.8) is 0 Å². The zero-order valence-corrected chi connectivity index (χ0v) is 15.1. The molecule has 25 heavy (non-hydrogen) atoms. The van der Waals surface area contributed by atoms with Gasteiger partial charge in [0.05, 0.1) is 10.4 Å². The minimum atomic E-state index is -3.69. The molecule has 0 aliphatic carbocycles. The summed E-state index contributed by atoms with van der Waals surface area (Å²) >= 11 is 5.82. The number of hydrogen-bond acceptors (Lipinski definition) is 4. The van der Waals surface area contributed by atoms with Crippen LogP contribution in [0.5, 0.6) is 0 Å². The summed E-state index contributed by atoms with van der Waals surface area (Å²) in [6, 6.07) is 11.6. The van der Waals surface area contributed by atoms with Crippen molar-refractivity contribution in [2.24, 2.45) is 0 Å². The minimum Gasteiger partial charge on any atom is -0.408 e. The molecule has 6 nitrogen and oxygen atoms in total. The molecule has 0 saturated heterocycles. The van der Waals surface area contributed by atoms with Crippen LogP contribution in [0.2, 0.25) is 5.02 Å². The van der Waals surface area contributed by atoms with E-state index in [-0.39, 0.29) is 17.0 Å². The smallest absolute Gasteiger partial charge is 0.408 e. The Morgan fingerprint density at radius 2 is 1.88 bits per heavy atom. The van der Waals surface area contributed by atoms with E-state index in [4.69, 9.17) is 16.0 Å². The Balaban J connectivity index is 1.76. The van der Waals surface area contributed by atoms with Crippen molar-refractivity contribution in [1.82, 2.24) is 9.29 Å². The summed E-state index contributed by atoms with van der Waals surface area (Å²) in [6.45, 7) is 2.53. The van der Waals surface area contributed by atoms with Gasteiger partial charge in [-0.15, -0.1) is 0 Å². The van der Waals surface area contributed by atoms with Crippen LogP contribution < -0.4 is 10.5 Å². The number of oxazole rings is 1. The van der Waals surface area contributed by atoms with Crippen molar-refractivity contribution in [3.8, 4) is 0 Å². The van der Waals surface area contributed by atoms with Gasteiger partial charge in [0.2, 0.25) is 10.0 Å². The first-order chi connectivity index (χ1) is 11.9. The normalized spacial score (nSPS) is 11.9. The molecule has 0 atom stereocenters. The van der Waals surface area contributed by atoms with Crippen molar-refractivity contribution in [1.29, 1.82) is 0 Å². The summed E-state index contributed by atoms with van der Waals surface area (Å²) < 4.78 is 34.0. The third-order valence-corrected chi connectivity index (χ3v) is 5.60. The topological polar surface area (TPSA) is 81.3 Å². The molecule has 0 fully saturated rings. The van der Waals surface area contributed by atoms with Crippen LogP contribution >= 0.6 is 11.6 Å². The van der Waals surface area contributed by atoms with E-state index >= 15 is 0 Å². The Morgan fingerprint density at radius 1 is 1.16 bits per heavy atom. The number of nitrogens with zero attached hydrogens (tertiary/aromatic N) is 1. The van der Waals surface area contributed by atoms with Gasteiger partial charge >= 0.3 is 5.76 Å². The molecule has 3 rings (SSSR count). The highest BCUT2D eigenvalue weighted by molar-refractivity contribution is 7.89. The van der Waals surface area contributed by atoms with Gasteiger partial charge in [0.15, 0.2) is 5.58 Å². The Labute approximate surface area is 150 Å². The number of nitrogens with one attached hydrogen (secondary N) is 1. The Kier molecular flexibility index (Phi) is 4.99. The quantitative estimate of drug-likeness (QED) is 0.713. The molecular weight excluding hydrogens is 364 g/mol. The lowest BCUT2D eigenvalue weighted by Crippen LogP contribution is -2.26. The van der Waals surface area contributed by atoms with Crippen LogP contribution in [0.3, 0.4) is 0 Å². The van der Waals surface area contributed by atoms with Crippen LogP contribution in [0.25, 0.3) is 11.1 Å². The summed E-state index contributed by atoms with van der Waals surface area (Å²) in [7, 11) is -3.69. The third kappa shape index (κ3) is 3.78. The molecule has 1 aromatic heterocycles. The molecule has 0 radical (unpaired) electrons. The average Bonchev–Trinajstić information content (AvgIpc) is 2.90. The van der Waals surface area contributed by atoms with Gasteiger partial charge in [0.1, 0.15) is 0 Å². The minimum absolute atomic E-state index is 0.0631. The van der Waals surface area contributed by atoms with Gasteiger partial charge in [-0.1, -0.05) is 23.7 Å². The first-order valence-electron chi connectivity index (χ1n) is 7.78. The highest BCUT2D eigenvalue weighted by Gasteiger charge is 2.17. The number of hydrogen-bond donors (Lipinski definition) is 1. The first-order valence-corrected chi connectivity index (χ1v) is 9.64. The lowest BCUT2D eigenvalue weighted by Gasteiger charge is -2.07. The van der Waals surface area contributed by atoms with Gasteiger partial charge in [-0.05, 0) is 43.2 Å². The number of aromatic nitrogens is 1. The predicted octanol–water partition coefficient (Wildman–Crippen LogP) is 2.79. The summed E-state index contributed by atoms with van der Waals surface area (Å²) in [4.78, 5) is 11.8. The van der Waals surface area contributed by atoms with E-state index in [9.17, 15) is 13.2 Å². The second-order valence-electron chi connectivity index (χ2n) is 5.52. The molecule has 0 bridgehead atoms. The molecule has 0 spiro atoms. The van der Waals surface area contributed by atoms with Gasteiger partial charge in [0.25, 0.3) is 0 Å². The molecule has 0 aliphatic heterocycles. The maximum absolute atomic E-state index is 12.4. The van der Waals surface area contributed by atoms with Crippen LogP contribution in [-0.2, 0) is 23.0 Å². The molecule has 0 saturated carbocycles. The molecule has 1 heterocycles. The molecule has 1 N–H and O–H groups in total. The number of halogens is 1. The van der Waals surface area contributed by atoms with E-state index in [0.29, 0.717) is 23.5 Å². The standard InChI is InChI=1S/C17H17ClN2O4S/c1-2-20-15-8-7-14(11-16(15)24-17(20)21)25(22,23)19-10-9-12-3-5-13(18)6-4-12/h3-8,11,19H,2,9-10H2,1H3. The van der Waals surface area contributed by atoms with E-state index in [2.05, 4.69) is 4.72 Å². The number of sulfonamides is 1. The van der Waals surface area contributed by atoms with E-state index in [1.807, 2.05) is 19.1 Å². The first kappa shape index (κ1) is 17.7. The number of benzene rings is 2. The second kappa shape index (κ2) is 7.03. The highest BCUT2D eigenvalue weighted by Crippen LogP contribution is 2.18. The van der Waals surface area contributed by atoms with E-state index in [0.717, 1.165) is 5.56 Å². The Hall–Kier alpha value is -2.09. The van der Waals surface area contributed by atoms with E-state index in [1.165, 1.54) is 16.7 Å².